The van der Waals surface area contributed by atoms with Crippen LogP contribution in [0.3, 0.4) is 0 Å². The first-order valence-corrected chi connectivity index (χ1v) is 8.06. The molecule has 0 fully saturated rings. The number of hydrogen-bond donors (Lipinski definition) is 2. The van der Waals surface area contributed by atoms with Gasteiger partial charge in [0.2, 0.25) is 10.0 Å². The minimum absolute atomic E-state index is 0.264. The second kappa shape index (κ2) is 5.48. The van der Waals surface area contributed by atoms with Gasteiger partial charge < -0.3 is 4.98 Å². The maximum Gasteiger partial charge on any atom is 0.240 e. The fourth-order valence-electron chi connectivity index (χ4n) is 1.84. The molecule has 0 saturated carbocycles. The molecule has 102 valence electrons. The fraction of sp³-hybridized carbons (Fsp3) is 0.231. The number of nitrogens with one attached hydrogen (secondary N) is 2. The molecule has 6 heteroatoms. The largest absolute Gasteiger partial charge is 0.362 e. The van der Waals surface area contributed by atoms with Crippen LogP contribution in [0.1, 0.15) is 17.0 Å². The molecule has 0 bridgehead atoms. The second-order valence-electron chi connectivity index (χ2n) is 4.38. The summed E-state index contributed by atoms with van der Waals surface area (Å²) in [6.07, 6.45) is 0. The summed E-state index contributed by atoms with van der Waals surface area (Å²) in [6, 6.07) is 8.50. The normalized spacial score (nSPS) is 11.7. The number of rotatable bonds is 4. The van der Waals surface area contributed by atoms with E-state index in [-0.39, 0.29) is 11.4 Å². The minimum Gasteiger partial charge on any atom is -0.362 e. The molecule has 2 N–H and O–H groups in total. The summed E-state index contributed by atoms with van der Waals surface area (Å²) in [6.45, 7) is 4.16. The summed E-state index contributed by atoms with van der Waals surface area (Å²) in [4.78, 5) is 3.41. The lowest BCUT2D eigenvalue weighted by atomic mass is 10.2. The fourth-order valence-corrected chi connectivity index (χ4v) is 3.11. The number of benzene rings is 1. The highest BCUT2D eigenvalue weighted by atomic mass is 79.9. The Morgan fingerprint density at radius 3 is 2.37 bits per heavy atom. The van der Waals surface area contributed by atoms with Crippen molar-refractivity contribution >= 4 is 26.0 Å². The molecule has 19 heavy (non-hydrogen) atoms. The van der Waals surface area contributed by atoms with Crippen molar-refractivity contribution in [2.24, 2.45) is 0 Å². The third-order valence-electron chi connectivity index (χ3n) is 2.83. The molecule has 2 aromatic rings. The standard InChI is InChI=1S/C13H15BrN2O2S/c1-9-7-11(10(2)16-9)8-15-19(17,18)13-5-3-12(14)4-6-13/h3-7,15-16H,8H2,1-2H3. The van der Waals surface area contributed by atoms with Gasteiger partial charge in [0.15, 0.2) is 0 Å². The van der Waals surface area contributed by atoms with Crippen molar-refractivity contribution in [3.8, 4) is 0 Å². The first-order chi connectivity index (χ1) is 8.88. The third kappa shape index (κ3) is 3.46. The van der Waals surface area contributed by atoms with Crippen molar-refractivity contribution in [2.45, 2.75) is 25.3 Å². The lowest BCUT2D eigenvalue weighted by molar-refractivity contribution is 0.581. The van der Waals surface area contributed by atoms with Crippen LogP contribution in [0.25, 0.3) is 0 Å². The first kappa shape index (κ1) is 14.3. The molecule has 1 heterocycles. The van der Waals surface area contributed by atoms with Gasteiger partial charge in [-0.3, -0.25) is 0 Å². The number of aromatic nitrogens is 1. The van der Waals surface area contributed by atoms with Crippen LogP contribution in [0.2, 0.25) is 0 Å². The van der Waals surface area contributed by atoms with E-state index in [1.807, 2.05) is 19.9 Å². The highest BCUT2D eigenvalue weighted by Gasteiger charge is 2.14. The molecule has 0 aliphatic carbocycles. The molecule has 0 aliphatic heterocycles. The molecular formula is C13H15BrN2O2S. The smallest absolute Gasteiger partial charge is 0.240 e. The molecule has 0 unspecified atom stereocenters. The van der Waals surface area contributed by atoms with Crippen LogP contribution in [0, 0.1) is 13.8 Å². The maximum absolute atomic E-state index is 12.1. The van der Waals surface area contributed by atoms with Gasteiger partial charge in [-0.05, 0) is 49.7 Å². The summed E-state index contributed by atoms with van der Waals surface area (Å²) >= 11 is 3.28. The SMILES string of the molecule is Cc1cc(CNS(=O)(=O)c2ccc(Br)cc2)c(C)[nH]1. The Balaban J connectivity index is 2.14. The average molecular weight is 343 g/mol. The first-order valence-electron chi connectivity index (χ1n) is 5.79. The molecule has 0 amide bonds. The van der Waals surface area contributed by atoms with Gasteiger partial charge in [-0.15, -0.1) is 0 Å². The molecule has 4 nitrogen and oxygen atoms in total. The molecule has 1 aromatic carbocycles. The van der Waals surface area contributed by atoms with Gasteiger partial charge in [-0.1, -0.05) is 15.9 Å². The third-order valence-corrected chi connectivity index (χ3v) is 4.78. The predicted molar refractivity (Wildman–Crippen MR) is 78.4 cm³/mol. The zero-order valence-corrected chi connectivity index (χ0v) is 13.1. The highest BCUT2D eigenvalue weighted by Crippen LogP contribution is 2.15. The topological polar surface area (TPSA) is 62.0 Å². The quantitative estimate of drug-likeness (QED) is 0.897. The van der Waals surface area contributed by atoms with E-state index in [0.29, 0.717) is 0 Å². The molecule has 0 radical (unpaired) electrons. The van der Waals surface area contributed by atoms with Crippen LogP contribution in [-0.4, -0.2) is 13.4 Å². The lowest BCUT2D eigenvalue weighted by Crippen LogP contribution is -2.23. The monoisotopic (exact) mass is 342 g/mol. The highest BCUT2D eigenvalue weighted by molar-refractivity contribution is 9.10. The van der Waals surface area contributed by atoms with Crippen LogP contribution in [0.4, 0.5) is 0 Å². The van der Waals surface area contributed by atoms with E-state index in [0.717, 1.165) is 21.4 Å². The van der Waals surface area contributed by atoms with Crippen LogP contribution in [0.15, 0.2) is 39.7 Å². The van der Waals surface area contributed by atoms with Crippen molar-refractivity contribution in [3.05, 3.63) is 51.8 Å². The molecule has 0 aliphatic rings. The molecule has 1 aromatic heterocycles. The maximum atomic E-state index is 12.1. The van der Waals surface area contributed by atoms with E-state index in [1.54, 1.807) is 24.3 Å². The number of hydrogen-bond acceptors (Lipinski definition) is 2. The van der Waals surface area contributed by atoms with Gasteiger partial charge >= 0.3 is 0 Å². The molecule has 0 spiro atoms. The van der Waals surface area contributed by atoms with Crippen molar-refractivity contribution in [2.75, 3.05) is 0 Å². The number of aryl methyl sites for hydroxylation is 2. The summed E-state index contributed by atoms with van der Waals surface area (Å²) in [5.74, 6) is 0. The van der Waals surface area contributed by atoms with Crippen LogP contribution < -0.4 is 4.72 Å². The molecular weight excluding hydrogens is 328 g/mol. The predicted octanol–water partition coefficient (Wildman–Crippen LogP) is 2.87. The number of H-pyrrole nitrogens is 1. The van der Waals surface area contributed by atoms with Crippen molar-refractivity contribution in [1.82, 2.24) is 9.71 Å². The Hall–Kier alpha value is -1.11. The van der Waals surface area contributed by atoms with Crippen LogP contribution >= 0.6 is 15.9 Å². The Labute approximate surface area is 121 Å². The Morgan fingerprint density at radius 2 is 1.84 bits per heavy atom. The summed E-state index contributed by atoms with van der Waals surface area (Å²) < 4.78 is 27.6. The van der Waals surface area contributed by atoms with Crippen molar-refractivity contribution < 1.29 is 8.42 Å². The van der Waals surface area contributed by atoms with Crippen molar-refractivity contribution in [3.63, 3.8) is 0 Å². The van der Waals surface area contributed by atoms with Gasteiger partial charge in [-0.2, -0.15) is 0 Å². The van der Waals surface area contributed by atoms with Crippen LogP contribution in [-0.2, 0) is 16.6 Å². The molecule has 2 rings (SSSR count). The van der Waals surface area contributed by atoms with E-state index in [1.165, 1.54) is 0 Å². The van der Waals surface area contributed by atoms with Gasteiger partial charge in [0.05, 0.1) is 4.90 Å². The molecule has 0 atom stereocenters. The average Bonchev–Trinajstić information content (AvgIpc) is 2.66. The van der Waals surface area contributed by atoms with E-state index >= 15 is 0 Å². The zero-order chi connectivity index (χ0) is 14.0. The Bertz CT molecular complexity index is 675. The lowest BCUT2D eigenvalue weighted by Gasteiger charge is -2.06. The van der Waals surface area contributed by atoms with Gasteiger partial charge in [0.25, 0.3) is 0 Å². The summed E-state index contributed by atoms with van der Waals surface area (Å²) in [5, 5.41) is 0. The minimum atomic E-state index is -3.47. The van der Waals surface area contributed by atoms with Gasteiger partial charge in [-0.25, -0.2) is 13.1 Å². The number of aromatic amines is 1. The van der Waals surface area contributed by atoms with Crippen LogP contribution in [0.5, 0.6) is 0 Å². The molecule has 0 saturated heterocycles. The number of halogens is 1. The zero-order valence-electron chi connectivity index (χ0n) is 10.7. The van der Waals surface area contributed by atoms with Crippen molar-refractivity contribution in [1.29, 1.82) is 0 Å². The summed E-state index contributed by atoms with van der Waals surface area (Å²) in [7, 11) is -3.47. The second-order valence-corrected chi connectivity index (χ2v) is 7.06. The van der Waals surface area contributed by atoms with E-state index < -0.39 is 10.0 Å². The van der Waals surface area contributed by atoms with Gasteiger partial charge in [0.1, 0.15) is 0 Å². The van der Waals surface area contributed by atoms with Gasteiger partial charge in [0, 0.05) is 22.4 Å². The Morgan fingerprint density at radius 1 is 1.21 bits per heavy atom. The number of sulfonamides is 1. The van der Waals surface area contributed by atoms with E-state index in [4.69, 9.17) is 0 Å². The van der Waals surface area contributed by atoms with E-state index in [9.17, 15) is 8.42 Å². The van der Waals surface area contributed by atoms with E-state index in [2.05, 4.69) is 25.6 Å². The summed E-state index contributed by atoms with van der Waals surface area (Å²) in [5.41, 5.74) is 2.96. The Kier molecular flexibility index (Phi) is 4.13.